The van der Waals surface area contributed by atoms with Gasteiger partial charge in [-0.1, -0.05) is 12.5 Å². The number of urea groups is 1. The predicted molar refractivity (Wildman–Crippen MR) is 65.6 cm³/mol. The maximum atomic E-state index is 10.7. The summed E-state index contributed by atoms with van der Waals surface area (Å²) in [6.45, 7) is 0. The van der Waals surface area contributed by atoms with Crippen molar-refractivity contribution in [2.24, 2.45) is 10.8 Å². The lowest BCUT2D eigenvalue weighted by atomic mass is 9.85. The van der Waals surface area contributed by atoms with Crippen molar-refractivity contribution in [3.05, 3.63) is 30.1 Å². The van der Waals surface area contributed by atoms with Gasteiger partial charge >= 0.3 is 6.03 Å². The van der Waals surface area contributed by atoms with Gasteiger partial charge in [-0.2, -0.15) is 5.10 Å². The van der Waals surface area contributed by atoms with Gasteiger partial charge in [0.25, 0.3) is 0 Å². The largest absolute Gasteiger partial charge is 0.350 e. The van der Waals surface area contributed by atoms with Crippen molar-refractivity contribution in [2.45, 2.75) is 31.6 Å². The first-order valence-electron chi connectivity index (χ1n) is 5.80. The molecule has 5 nitrogen and oxygen atoms in total. The van der Waals surface area contributed by atoms with Crippen LogP contribution >= 0.6 is 0 Å². The van der Waals surface area contributed by atoms with Gasteiger partial charge in [-0.25, -0.2) is 10.2 Å². The number of rotatable bonds is 2. The van der Waals surface area contributed by atoms with E-state index in [0.29, 0.717) is 0 Å². The molecule has 90 valence electrons. The summed E-state index contributed by atoms with van der Waals surface area (Å²) in [6.07, 6.45) is 5.96. The molecule has 1 aliphatic rings. The van der Waals surface area contributed by atoms with Crippen molar-refractivity contribution < 1.29 is 4.79 Å². The number of hydrazone groups is 1. The van der Waals surface area contributed by atoms with Crippen LogP contribution in [0.1, 0.15) is 37.3 Å². The Kier molecular flexibility index (Phi) is 3.69. The zero-order valence-electron chi connectivity index (χ0n) is 9.60. The number of hydrogen-bond donors (Lipinski definition) is 2. The van der Waals surface area contributed by atoms with Crippen molar-refractivity contribution >= 4 is 11.7 Å². The van der Waals surface area contributed by atoms with Crippen LogP contribution in [0.15, 0.2) is 29.5 Å². The number of hydrogen-bond acceptors (Lipinski definition) is 3. The van der Waals surface area contributed by atoms with Crippen LogP contribution in [0.2, 0.25) is 0 Å². The van der Waals surface area contributed by atoms with Crippen molar-refractivity contribution in [2.75, 3.05) is 0 Å². The summed E-state index contributed by atoms with van der Waals surface area (Å²) >= 11 is 0. The standard InChI is InChI=1S/C12H16N4O/c13-12(17)16-15-11-7-2-1-5-9(11)10-6-3-4-8-14-10/h3-4,6,8-9H,1-2,5,7H2,(H3,13,16,17)/b15-11+/t9-/m1/s1. The van der Waals surface area contributed by atoms with Crippen LogP contribution in [0.4, 0.5) is 4.79 Å². The monoisotopic (exact) mass is 232 g/mol. The molecule has 1 heterocycles. The number of nitrogens with two attached hydrogens (primary N) is 1. The first kappa shape index (κ1) is 11.6. The van der Waals surface area contributed by atoms with E-state index in [1.807, 2.05) is 18.2 Å². The average molecular weight is 232 g/mol. The molecule has 0 unspecified atom stereocenters. The SMILES string of the molecule is NC(=O)N/N=C1\CCCC[C@@H]1c1ccccn1. The molecule has 0 radical (unpaired) electrons. The van der Waals surface area contributed by atoms with Crippen LogP contribution in [-0.4, -0.2) is 16.7 Å². The number of nitrogens with one attached hydrogen (secondary N) is 1. The van der Waals surface area contributed by atoms with E-state index in [4.69, 9.17) is 5.73 Å². The van der Waals surface area contributed by atoms with Gasteiger partial charge in [0.05, 0.1) is 0 Å². The molecule has 5 heteroatoms. The Hall–Kier alpha value is -1.91. The fraction of sp³-hybridized carbons (Fsp3) is 0.417. The van der Waals surface area contributed by atoms with E-state index in [9.17, 15) is 4.79 Å². The van der Waals surface area contributed by atoms with Gasteiger partial charge in [-0.3, -0.25) is 4.98 Å². The molecule has 2 amide bonds. The number of nitrogens with zero attached hydrogens (tertiary/aromatic N) is 2. The normalized spacial score (nSPS) is 22.4. The minimum absolute atomic E-state index is 0.205. The fourth-order valence-electron chi connectivity index (χ4n) is 2.16. The smallest absolute Gasteiger partial charge is 0.332 e. The fourth-order valence-corrected chi connectivity index (χ4v) is 2.16. The van der Waals surface area contributed by atoms with Crippen LogP contribution in [0.3, 0.4) is 0 Å². The molecule has 17 heavy (non-hydrogen) atoms. The number of pyridine rings is 1. The van der Waals surface area contributed by atoms with Gasteiger partial charge in [0.2, 0.25) is 0 Å². The molecule has 1 aromatic rings. The summed E-state index contributed by atoms with van der Waals surface area (Å²) in [4.78, 5) is 15.0. The lowest BCUT2D eigenvalue weighted by Crippen LogP contribution is -2.28. The summed E-state index contributed by atoms with van der Waals surface area (Å²) in [7, 11) is 0. The first-order chi connectivity index (χ1) is 8.27. The molecule has 0 aromatic carbocycles. The highest BCUT2D eigenvalue weighted by molar-refractivity contribution is 5.92. The second kappa shape index (κ2) is 5.43. The van der Waals surface area contributed by atoms with E-state index in [-0.39, 0.29) is 5.92 Å². The molecule has 0 aliphatic heterocycles. The van der Waals surface area contributed by atoms with Gasteiger partial charge < -0.3 is 5.73 Å². The average Bonchev–Trinajstić information content (AvgIpc) is 2.38. The lowest BCUT2D eigenvalue weighted by Gasteiger charge is -2.23. The number of primary amides is 1. The van der Waals surface area contributed by atoms with Crippen LogP contribution in [0.5, 0.6) is 0 Å². The number of amides is 2. The minimum Gasteiger partial charge on any atom is -0.350 e. The Bertz CT molecular complexity index is 416. The summed E-state index contributed by atoms with van der Waals surface area (Å²) in [5.74, 6) is 0.205. The predicted octanol–water partition coefficient (Wildman–Crippen LogP) is 1.76. The summed E-state index contributed by atoms with van der Waals surface area (Å²) < 4.78 is 0. The van der Waals surface area contributed by atoms with Gasteiger partial charge in [-0.05, 0) is 31.4 Å². The van der Waals surface area contributed by atoms with Gasteiger partial charge in [0.1, 0.15) is 0 Å². The van der Waals surface area contributed by atoms with E-state index in [1.165, 1.54) is 0 Å². The van der Waals surface area contributed by atoms with E-state index >= 15 is 0 Å². The van der Waals surface area contributed by atoms with Gasteiger partial charge in [0, 0.05) is 23.5 Å². The van der Waals surface area contributed by atoms with E-state index < -0.39 is 6.03 Å². The molecular formula is C12H16N4O. The molecule has 1 aromatic heterocycles. The van der Waals surface area contributed by atoms with Crippen LogP contribution in [0, 0.1) is 0 Å². The summed E-state index contributed by atoms with van der Waals surface area (Å²) in [5.41, 5.74) is 9.31. The molecule has 1 saturated carbocycles. The summed E-state index contributed by atoms with van der Waals surface area (Å²) in [5, 5.41) is 4.09. The third-order valence-electron chi connectivity index (χ3n) is 2.93. The van der Waals surface area contributed by atoms with E-state index in [1.54, 1.807) is 6.20 Å². The molecule has 0 spiro atoms. The molecule has 2 rings (SSSR count). The molecule has 1 fully saturated rings. The third kappa shape index (κ3) is 3.03. The Morgan fingerprint density at radius 3 is 3.06 bits per heavy atom. The Balaban J connectivity index is 2.18. The molecule has 3 N–H and O–H groups in total. The third-order valence-corrected chi connectivity index (χ3v) is 2.93. The van der Waals surface area contributed by atoms with Crippen molar-refractivity contribution in [1.82, 2.24) is 10.4 Å². The van der Waals surface area contributed by atoms with Crippen LogP contribution in [-0.2, 0) is 0 Å². The maximum Gasteiger partial charge on any atom is 0.332 e. The van der Waals surface area contributed by atoms with Gasteiger partial charge in [-0.15, -0.1) is 0 Å². The van der Waals surface area contributed by atoms with Crippen LogP contribution < -0.4 is 11.2 Å². The van der Waals surface area contributed by atoms with E-state index in [0.717, 1.165) is 37.1 Å². The number of carbonyl (C=O) groups excluding carboxylic acids is 1. The maximum absolute atomic E-state index is 10.7. The lowest BCUT2D eigenvalue weighted by molar-refractivity contribution is 0.249. The first-order valence-corrected chi connectivity index (χ1v) is 5.80. The molecular weight excluding hydrogens is 216 g/mol. The van der Waals surface area contributed by atoms with E-state index in [2.05, 4.69) is 15.5 Å². The highest BCUT2D eigenvalue weighted by Gasteiger charge is 2.23. The highest BCUT2D eigenvalue weighted by atomic mass is 16.2. The minimum atomic E-state index is -0.622. The molecule has 1 aliphatic carbocycles. The summed E-state index contributed by atoms with van der Waals surface area (Å²) in [6, 6.07) is 5.24. The Labute approximate surface area is 100 Å². The number of carbonyl (C=O) groups is 1. The molecule has 0 bridgehead atoms. The molecule has 0 saturated heterocycles. The van der Waals surface area contributed by atoms with Crippen molar-refractivity contribution in [3.63, 3.8) is 0 Å². The van der Waals surface area contributed by atoms with Crippen molar-refractivity contribution in [1.29, 1.82) is 0 Å². The Morgan fingerprint density at radius 1 is 1.47 bits per heavy atom. The number of aromatic nitrogens is 1. The van der Waals surface area contributed by atoms with Gasteiger partial charge in [0.15, 0.2) is 0 Å². The van der Waals surface area contributed by atoms with Crippen LogP contribution in [0.25, 0.3) is 0 Å². The topological polar surface area (TPSA) is 80.4 Å². The van der Waals surface area contributed by atoms with Crippen molar-refractivity contribution in [3.8, 4) is 0 Å². The second-order valence-electron chi connectivity index (χ2n) is 4.13. The second-order valence-corrected chi connectivity index (χ2v) is 4.13. The zero-order valence-corrected chi connectivity index (χ0v) is 9.60. The zero-order chi connectivity index (χ0) is 12.1. The molecule has 1 atom stereocenters. The quantitative estimate of drug-likeness (QED) is 0.762. The highest BCUT2D eigenvalue weighted by Crippen LogP contribution is 2.29. The Morgan fingerprint density at radius 2 is 2.35 bits per heavy atom.